The number of nitrogens with zero attached hydrogens (tertiary/aromatic N) is 1. The van der Waals surface area contributed by atoms with Crippen LogP contribution in [0.1, 0.15) is 13.8 Å². The zero-order valence-corrected chi connectivity index (χ0v) is 10.8. The number of nitrogens with one attached hydrogen (secondary N) is 1. The molecule has 5 nitrogen and oxygen atoms in total. The summed E-state index contributed by atoms with van der Waals surface area (Å²) < 4.78 is 6.29. The van der Waals surface area contributed by atoms with E-state index in [1.54, 1.807) is 18.2 Å². The van der Waals surface area contributed by atoms with E-state index in [9.17, 15) is 9.59 Å². The molecule has 0 radical (unpaired) electrons. The van der Waals surface area contributed by atoms with Gasteiger partial charge in [0, 0.05) is 11.1 Å². The Labute approximate surface area is 108 Å². The van der Waals surface area contributed by atoms with Gasteiger partial charge in [0.05, 0.1) is 5.52 Å². The van der Waals surface area contributed by atoms with Crippen molar-refractivity contribution in [1.29, 1.82) is 0 Å². The Balaban J connectivity index is 2.38. The summed E-state index contributed by atoms with van der Waals surface area (Å²) in [5.74, 6) is -0.805. The number of rotatable bonds is 3. The number of amides is 1. The third-order valence-electron chi connectivity index (χ3n) is 2.38. The number of carbonyl (C=O) groups excluding carboxylic acids is 1. The average Bonchev–Trinajstić information content (AvgIpc) is 2.55. The highest BCUT2D eigenvalue weighted by Gasteiger charge is 2.13. The number of hydrogen-bond donors (Lipinski definition) is 1. The molecule has 0 fully saturated rings. The van der Waals surface area contributed by atoms with Gasteiger partial charge in [-0.1, -0.05) is 11.6 Å². The molecule has 1 heterocycles. The van der Waals surface area contributed by atoms with Crippen molar-refractivity contribution in [3.8, 4) is 0 Å². The molecular weight excluding hydrogens is 256 g/mol. The molecule has 0 aliphatic heterocycles. The lowest BCUT2D eigenvalue weighted by Crippen LogP contribution is -2.35. The van der Waals surface area contributed by atoms with Crippen LogP contribution < -0.4 is 11.1 Å². The Hall–Kier alpha value is -1.75. The van der Waals surface area contributed by atoms with Gasteiger partial charge in [-0.2, -0.15) is 0 Å². The smallest absolute Gasteiger partial charge is 0.408 e. The third-order valence-corrected chi connectivity index (χ3v) is 2.62. The van der Waals surface area contributed by atoms with Gasteiger partial charge in [-0.25, -0.2) is 4.79 Å². The standard InChI is InChI=1S/C12H13ClN2O3/c1-7(2)14-11(16)6-15-9-5-8(13)3-4-10(9)18-12(15)17/h3-5,7H,6H2,1-2H3,(H,14,16). The summed E-state index contributed by atoms with van der Waals surface area (Å²) in [5.41, 5.74) is 0.938. The number of oxazole rings is 1. The van der Waals surface area contributed by atoms with E-state index in [4.69, 9.17) is 16.0 Å². The predicted molar refractivity (Wildman–Crippen MR) is 68.8 cm³/mol. The second kappa shape index (κ2) is 4.86. The van der Waals surface area contributed by atoms with Crippen LogP contribution in [0.4, 0.5) is 0 Å². The van der Waals surface area contributed by atoms with Crippen LogP contribution in [0.3, 0.4) is 0 Å². The average molecular weight is 269 g/mol. The molecule has 0 unspecified atom stereocenters. The SMILES string of the molecule is CC(C)NC(=O)Cn1c(=O)oc2ccc(Cl)cc21. The molecule has 1 N–H and O–H groups in total. The number of fused-ring (bicyclic) bond motifs is 1. The van der Waals surface area contributed by atoms with Crippen molar-refractivity contribution in [2.45, 2.75) is 26.4 Å². The molecular formula is C12H13ClN2O3. The minimum Gasteiger partial charge on any atom is -0.408 e. The topological polar surface area (TPSA) is 64.2 Å². The van der Waals surface area contributed by atoms with Crippen molar-refractivity contribution in [1.82, 2.24) is 9.88 Å². The largest absolute Gasteiger partial charge is 0.420 e. The van der Waals surface area contributed by atoms with Crippen LogP contribution in [0, 0.1) is 0 Å². The van der Waals surface area contributed by atoms with Crippen molar-refractivity contribution >= 4 is 28.6 Å². The van der Waals surface area contributed by atoms with Crippen molar-refractivity contribution in [2.24, 2.45) is 0 Å². The van der Waals surface area contributed by atoms with E-state index in [0.29, 0.717) is 16.1 Å². The number of halogens is 1. The second-order valence-electron chi connectivity index (χ2n) is 4.29. The third kappa shape index (κ3) is 2.56. The first-order valence-corrected chi connectivity index (χ1v) is 5.93. The zero-order chi connectivity index (χ0) is 13.3. The molecule has 0 aliphatic rings. The molecule has 0 aliphatic carbocycles. The summed E-state index contributed by atoms with van der Waals surface area (Å²) in [6.07, 6.45) is 0. The van der Waals surface area contributed by atoms with Crippen LogP contribution in [-0.4, -0.2) is 16.5 Å². The lowest BCUT2D eigenvalue weighted by Gasteiger charge is -2.08. The van der Waals surface area contributed by atoms with Crippen LogP contribution in [0.5, 0.6) is 0 Å². The first-order chi connectivity index (χ1) is 8.47. The molecule has 0 saturated heterocycles. The number of aromatic nitrogens is 1. The second-order valence-corrected chi connectivity index (χ2v) is 4.72. The molecule has 2 rings (SSSR count). The van der Waals surface area contributed by atoms with Gasteiger partial charge in [-0.05, 0) is 32.0 Å². The number of benzene rings is 1. The van der Waals surface area contributed by atoms with Gasteiger partial charge in [0.2, 0.25) is 5.91 Å². The monoisotopic (exact) mass is 268 g/mol. The fourth-order valence-corrected chi connectivity index (χ4v) is 1.86. The first-order valence-electron chi connectivity index (χ1n) is 5.55. The van der Waals surface area contributed by atoms with Gasteiger partial charge < -0.3 is 9.73 Å². The van der Waals surface area contributed by atoms with Gasteiger partial charge in [0.25, 0.3) is 0 Å². The van der Waals surface area contributed by atoms with Crippen LogP contribution in [0.2, 0.25) is 5.02 Å². The maximum atomic E-state index is 11.7. The van der Waals surface area contributed by atoms with Gasteiger partial charge >= 0.3 is 5.76 Å². The summed E-state index contributed by atoms with van der Waals surface area (Å²) in [7, 11) is 0. The van der Waals surface area contributed by atoms with E-state index in [0.717, 1.165) is 0 Å². The first kappa shape index (κ1) is 12.7. The van der Waals surface area contributed by atoms with Crippen LogP contribution in [-0.2, 0) is 11.3 Å². The van der Waals surface area contributed by atoms with Crippen molar-refractivity contribution < 1.29 is 9.21 Å². The van der Waals surface area contributed by atoms with Gasteiger partial charge in [0.1, 0.15) is 6.54 Å². The summed E-state index contributed by atoms with van der Waals surface area (Å²) in [6.45, 7) is 3.63. The Morgan fingerprint density at radius 1 is 1.50 bits per heavy atom. The molecule has 1 aromatic carbocycles. The molecule has 0 atom stereocenters. The fraction of sp³-hybridized carbons (Fsp3) is 0.333. The lowest BCUT2D eigenvalue weighted by molar-refractivity contribution is -0.122. The Morgan fingerprint density at radius 2 is 2.22 bits per heavy atom. The molecule has 0 saturated carbocycles. The van der Waals surface area contributed by atoms with Crippen LogP contribution >= 0.6 is 11.6 Å². The Morgan fingerprint density at radius 3 is 2.89 bits per heavy atom. The molecule has 0 bridgehead atoms. The fourth-order valence-electron chi connectivity index (χ4n) is 1.70. The molecule has 18 heavy (non-hydrogen) atoms. The molecule has 96 valence electrons. The summed E-state index contributed by atoms with van der Waals surface area (Å²) in [6, 6.07) is 4.86. The molecule has 1 aromatic heterocycles. The quantitative estimate of drug-likeness (QED) is 0.923. The highest BCUT2D eigenvalue weighted by atomic mass is 35.5. The summed E-state index contributed by atoms with van der Waals surface area (Å²) in [5, 5.41) is 3.20. The van der Waals surface area contributed by atoms with Crippen molar-refractivity contribution in [3.05, 3.63) is 33.8 Å². The van der Waals surface area contributed by atoms with E-state index in [2.05, 4.69) is 5.32 Å². The highest BCUT2D eigenvalue weighted by Crippen LogP contribution is 2.18. The summed E-state index contributed by atoms with van der Waals surface area (Å²) >= 11 is 5.86. The number of hydrogen-bond acceptors (Lipinski definition) is 3. The highest BCUT2D eigenvalue weighted by molar-refractivity contribution is 6.31. The summed E-state index contributed by atoms with van der Waals surface area (Å²) in [4.78, 5) is 23.3. The van der Waals surface area contributed by atoms with E-state index in [-0.39, 0.29) is 18.5 Å². The minimum atomic E-state index is -0.564. The number of carbonyl (C=O) groups is 1. The zero-order valence-electron chi connectivity index (χ0n) is 10.1. The van der Waals surface area contributed by atoms with E-state index >= 15 is 0 Å². The van der Waals surface area contributed by atoms with Gasteiger partial charge in [0.15, 0.2) is 5.58 Å². The maximum Gasteiger partial charge on any atom is 0.420 e. The molecule has 0 spiro atoms. The van der Waals surface area contributed by atoms with Gasteiger partial charge in [-0.3, -0.25) is 9.36 Å². The van der Waals surface area contributed by atoms with E-state index in [1.165, 1.54) is 4.57 Å². The van der Waals surface area contributed by atoms with E-state index < -0.39 is 5.76 Å². The normalized spacial score (nSPS) is 11.1. The Bertz CT molecular complexity index is 642. The van der Waals surface area contributed by atoms with Crippen LogP contribution in [0.15, 0.2) is 27.4 Å². The predicted octanol–water partition coefficient (Wildman–Crippen LogP) is 1.77. The van der Waals surface area contributed by atoms with Gasteiger partial charge in [-0.15, -0.1) is 0 Å². The molecule has 1 amide bonds. The Kier molecular flexibility index (Phi) is 3.43. The van der Waals surface area contributed by atoms with Crippen LogP contribution in [0.25, 0.3) is 11.1 Å². The maximum absolute atomic E-state index is 11.7. The molecule has 6 heteroatoms. The van der Waals surface area contributed by atoms with Crippen molar-refractivity contribution in [2.75, 3.05) is 0 Å². The minimum absolute atomic E-state index is 0.0231. The van der Waals surface area contributed by atoms with Crippen molar-refractivity contribution in [3.63, 3.8) is 0 Å². The lowest BCUT2D eigenvalue weighted by atomic mass is 10.3. The molecule has 2 aromatic rings. The van der Waals surface area contributed by atoms with E-state index in [1.807, 2.05) is 13.8 Å².